The third-order valence-corrected chi connectivity index (χ3v) is 6.13. The fraction of sp³-hybridized carbons (Fsp3) is 0.733. The van der Waals surface area contributed by atoms with Crippen molar-refractivity contribution in [2.75, 3.05) is 19.6 Å². The van der Waals surface area contributed by atoms with Gasteiger partial charge < -0.3 is 31.9 Å². The molecule has 1 aliphatic rings. The highest BCUT2D eigenvalue weighted by atomic mass is 16.2. The summed E-state index contributed by atoms with van der Waals surface area (Å²) in [5.74, 6) is -3.05. The molecule has 1 heterocycles. The molecule has 6 amide bonds. The summed E-state index contributed by atoms with van der Waals surface area (Å²) in [5.41, 5.74) is 5.05. The lowest BCUT2D eigenvalue weighted by molar-refractivity contribution is -0.142. The average molecular weight is 595 g/mol. The number of hydrogen-bond acceptors (Lipinski definition) is 6. The Bertz CT molecular complexity index is 962. The molecule has 12 heteroatoms. The number of Topliss-reactive ketones (excluding diaryl/α,β-unsaturated/α-hetero) is 1. The zero-order valence-electron chi connectivity index (χ0n) is 27.0. The Labute approximate surface area is 251 Å². The van der Waals surface area contributed by atoms with E-state index in [0.29, 0.717) is 24.8 Å². The maximum Gasteiger partial charge on any atom is 0.315 e. The molecule has 42 heavy (non-hydrogen) atoms. The van der Waals surface area contributed by atoms with Crippen LogP contribution in [0, 0.1) is 16.7 Å². The second-order valence-corrected chi connectivity index (χ2v) is 13.5. The third-order valence-electron chi connectivity index (χ3n) is 6.13. The van der Waals surface area contributed by atoms with Crippen LogP contribution in [0.3, 0.4) is 0 Å². The molecule has 3 unspecified atom stereocenters. The fourth-order valence-corrected chi connectivity index (χ4v) is 4.05. The van der Waals surface area contributed by atoms with Crippen LogP contribution in [0.4, 0.5) is 4.79 Å². The summed E-state index contributed by atoms with van der Waals surface area (Å²) in [7, 11) is 0. The lowest BCUT2D eigenvalue weighted by Gasteiger charge is -2.33. The van der Waals surface area contributed by atoms with Gasteiger partial charge in [-0.25, -0.2) is 4.79 Å². The minimum atomic E-state index is -1.01. The average Bonchev–Trinajstić information content (AvgIpc) is 3.25. The largest absolute Gasteiger partial charge is 0.368 e. The number of amides is 6. The van der Waals surface area contributed by atoms with Gasteiger partial charge in [0.15, 0.2) is 0 Å². The molecule has 0 saturated carbocycles. The van der Waals surface area contributed by atoms with E-state index in [9.17, 15) is 28.8 Å². The van der Waals surface area contributed by atoms with Crippen LogP contribution in [0.1, 0.15) is 88.0 Å². The van der Waals surface area contributed by atoms with Gasteiger partial charge >= 0.3 is 6.03 Å². The van der Waals surface area contributed by atoms with Crippen molar-refractivity contribution in [3.05, 3.63) is 12.7 Å². The number of primary amides is 1. The molecule has 6 N–H and O–H groups in total. The minimum Gasteiger partial charge on any atom is -0.368 e. The monoisotopic (exact) mass is 594 g/mol. The highest BCUT2D eigenvalue weighted by molar-refractivity contribution is 6.38. The molecule has 240 valence electrons. The highest BCUT2D eigenvalue weighted by Gasteiger charge is 2.41. The number of nitrogens with zero attached hydrogens (tertiary/aromatic N) is 1. The van der Waals surface area contributed by atoms with E-state index in [1.165, 1.54) is 11.0 Å². The van der Waals surface area contributed by atoms with Gasteiger partial charge in [-0.3, -0.25) is 24.0 Å². The maximum atomic E-state index is 13.3. The first-order valence-corrected chi connectivity index (χ1v) is 14.6. The van der Waals surface area contributed by atoms with E-state index in [-0.39, 0.29) is 37.8 Å². The summed E-state index contributed by atoms with van der Waals surface area (Å²) in [6, 6.07) is -3.05. The molecule has 1 fully saturated rings. The Morgan fingerprint density at radius 1 is 1.00 bits per heavy atom. The van der Waals surface area contributed by atoms with Crippen LogP contribution in [-0.4, -0.2) is 78.1 Å². The topological polar surface area (TPSA) is 180 Å². The molecule has 0 aromatic rings. The van der Waals surface area contributed by atoms with Crippen molar-refractivity contribution in [2.24, 2.45) is 22.5 Å². The first-order chi connectivity index (χ1) is 19.2. The van der Waals surface area contributed by atoms with E-state index in [1.54, 1.807) is 0 Å². The van der Waals surface area contributed by atoms with Crippen molar-refractivity contribution >= 4 is 35.4 Å². The Hall–Kier alpha value is -3.44. The van der Waals surface area contributed by atoms with Gasteiger partial charge in [-0.05, 0) is 29.6 Å². The zero-order valence-corrected chi connectivity index (χ0v) is 27.0. The Morgan fingerprint density at radius 2 is 1.57 bits per heavy atom. The fourth-order valence-electron chi connectivity index (χ4n) is 4.05. The van der Waals surface area contributed by atoms with E-state index in [4.69, 9.17) is 5.73 Å². The molecular weight excluding hydrogens is 540 g/mol. The Balaban J connectivity index is 0.00000308. The summed E-state index contributed by atoms with van der Waals surface area (Å²) in [5, 5.41) is 10.2. The van der Waals surface area contributed by atoms with Gasteiger partial charge in [-0.15, -0.1) is 6.58 Å². The van der Waals surface area contributed by atoms with E-state index in [2.05, 4.69) is 55.5 Å². The summed E-state index contributed by atoms with van der Waals surface area (Å²) in [4.78, 5) is 75.9. The van der Waals surface area contributed by atoms with Crippen LogP contribution in [0.2, 0.25) is 0 Å². The van der Waals surface area contributed by atoms with Crippen LogP contribution in [0.5, 0.6) is 0 Å². The van der Waals surface area contributed by atoms with Gasteiger partial charge in [0.25, 0.3) is 5.91 Å². The molecule has 0 aliphatic carbocycles. The number of nitrogens with one attached hydrogen (secondary N) is 4. The molecular formula is C30H54N6O6. The number of likely N-dealkylation sites (tertiary alicyclic amines) is 1. The molecule has 0 spiro atoms. The second-order valence-electron chi connectivity index (χ2n) is 13.5. The first kappa shape index (κ1) is 38.6. The SMILES string of the molecule is C=CCNC(=O)C(=O)C(CCC)NC(=O)C1C[C@@H](C)CN1C(=O)CC(NC(=O)NCC(N)=O)C(C)(C)C.CC(C)(C)C. The minimum absolute atomic E-state index is 0.0378. The van der Waals surface area contributed by atoms with E-state index in [0.717, 1.165) is 0 Å². The van der Waals surface area contributed by atoms with Gasteiger partial charge in [0.1, 0.15) is 6.04 Å². The normalized spacial score (nSPS) is 18.0. The number of hydrogen-bond donors (Lipinski definition) is 5. The third kappa shape index (κ3) is 15.5. The standard InChI is InChI=1S/C25H42N6O6.C5H12/c1-7-9-16(21(34)23(36)27-10-8-2)29-22(35)17-11-15(3)14-31(17)20(33)12-18(25(4,5)6)30-24(37)28-13-19(26)32;1-5(2,3)4/h8,15-18H,2,7,9-14H2,1,3-6H3,(H2,26,32)(H,27,36)(H,29,35)(H2,28,30,37);1-4H3/t15-,16?,17?,18?;/m1./s1. The molecule has 0 bridgehead atoms. The van der Waals surface area contributed by atoms with Crippen molar-refractivity contribution in [1.82, 2.24) is 26.2 Å². The summed E-state index contributed by atoms with van der Waals surface area (Å²) in [6.07, 6.45) is 2.61. The van der Waals surface area contributed by atoms with Gasteiger partial charge in [0.2, 0.25) is 23.5 Å². The van der Waals surface area contributed by atoms with Gasteiger partial charge in [-0.2, -0.15) is 0 Å². The summed E-state index contributed by atoms with van der Waals surface area (Å²) < 4.78 is 0. The Kier molecular flexibility index (Phi) is 16.1. The zero-order chi connectivity index (χ0) is 32.8. The number of nitrogens with two attached hydrogens (primary N) is 1. The second kappa shape index (κ2) is 17.5. The van der Waals surface area contributed by atoms with E-state index >= 15 is 0 Å². The van der Waals surface area contributed by atoms with Crippen LogP contribution >= 0.6 is 0 Å². The van der Waals surface area contributed by atoms with E-state index < -0.39 is 53.1 Å². The van der Waals surface area contributed by atoms with Gasteiger partial charge in [0, 0.05) is 25.6 Å². The lowest BCUT2D eigenvalue weighted by Crippen LogP contribution is -2.55. The number of rotatable bonds is 13. The predicted molar refractivity (Wildman–Crippen MR) is 163 cm³/mol. The number of carbonyl (C=O) groups excluding carboxylic acids is 6. The predicted octanol–water partition coefficient (Wildman–Crippen LogP) is 2.02. The van der Waals surface area contributed by atoms with Crippen LogP contribution in [0.25, 0.3) is 0 Å². The van der Waals surface area contributed by atoms with Gasteiger partial charge in [0.05, 0.1) is 12.6 Å². The highest BCUT2D eigenvalue weighted by Crippen LogP contribution is 2.27. The van der Waals surface area contributed by atoms with Gasteiger partial charge in [-0.1, -0.05) is 74.8 Å². The summed E-state index contributed by atoms with van der Waals surface area (Å²) >= 11 is 0. The summed E-state index contributed by atoms with van der Waals surface area (Å²) in [6.45, 7) is 21.7. The lowest BCUT2D eigenvalue weighted by atomic mass is 9.84. The van der Waals surface area contributed by atoms with Crippen LogP contribution in [0.15, 0.2) is 12.7 Å². The first-order valence-electron chi connectivity index (χ1n) is 14.6. The molecule has 0 radical (unpaired) electrons. The molecule has 1 saturated heterocycles. The molecule has 0 aromatic heterocycles. The van der Waals surface area contributed by atoms with Crippen molar-refractivity contribution < 1.29 is 28.8 Å². The molecule has 1 aliphatic heterocycles. The van der Waals surface area contributed by atoms with Crippen molar-refractivity contribution in [1.29, 1.82) is 0 Å². The molecule has 12 nitrogen and oxygen atoms in total. The van der Waals surface area contributed by atoms with Crippen molar-refractivity contribution in [2.45, 2.75) is 106 Å². The van der Waals surface area contributed by atoms with E-state index in [1.807, 2.05) is 34.6 Å². The van der Waals surface area contributed by atoms with Crippen molar-refractivity contribution in [3.63, 3.8) is 0 Å². The van der Waals surface area contributed by atoms with Crippen LogP contribution in [-0.2, 0) is 24.0 Å². The Morgan fingerprint density at radius 3 is 2.05 bits per heavy atom. The number of ketones is 1. The molecule has 1 rings (SSSR count). The quantitative estimate of drug-likeness (QED) is 0.161. The molecule has 0 aromatic carbocycles. The van der Waals surface area contributed by atoms with Crippen LogP contribution < -0.4 is 27.0 Å². The number of urea groups is 1. The number of carbonyl (C=O) groups is 6. The maximum absolute atomic E-state index is 13.3. The molecule has 4 atom stereocenters. The smallest absolute Gasteiger partial charge is 0.315 e. The van der Waals surface area contributed by atoms with Crippen molar-refractivity contribution in [3.8, 4) is 0 Å².